The molecule has 0 radical (unpaired) electrons. The second-order valence-corrected chi connectivity index (χ2v) is 6.73. The van der Waals surface area contributed by atoms with Crippen LogP contribution in [0.4, 0.5) is 5.82 Å². The van der Waals surface area contributed by atoms with Gasteiger partial charge >= 0.3 is 5.97 Å². The molecule has 3 aromatic rings. The van der Waals surface area contributed by atoms with Gasteiger partial charge in [-0.25, -0.2) is 4.98 Å². The minimum absolute atomic E-state index is 0.0828. The first-order valence-corrected chi connectivity index (χ1v) is 9.26. The summed E-state index contributed by atoms with van der Waals surface area (Å²) in [5.41, 5.74) is 1.54. The topological polar surface area (TPSA) is 70.5 Å². The van der Waals surface area contributed by atoms with Crippen LogP contribution in [0.25, 0.3) is 0 Å². The molecule has 3 rings (SSSR count). The zero-order chi connectivity index (χ0) is 20.8. The number of carbonyl (C=O) groups is 2. The highest BCUT2D eigenvalue weighted by Gasteiger charge is 1.99. The third-order valence-corrected chi connectivity index (χ3v) is 3.78. The van der Waals surface area contributed by atoms with Crippen molar-refractivity contribution in [3.63, 3.8) is 0 Å². The Morgan fingerprint density at radius 3 is 2.14 bits per heavy atom. The Balaban J connectivity index is 0.000000213. The number of hydrogen-bond acceptors (Lipinski definition) is 4. The molecular formula is C22H23BrN2O3. The summed E-state index contributed by atoms with van der Waals surface area (Å²) in [6, 6.07) is 22.2. The molecular weight excluding hydrogens is 420 g/mol. The molecule has 1 heterocycles. The van der Waals surface area contributed by atoms with Crippen molar-refractivity contribution in [1.29, 1.82) is 0 Å². The second kappa shape index (κ2) is 13.2. The van der Waals surface area contributed by atoms with E-state index in [-0.39, 0.29) is 6.42 Å². The molecule has 0 aliphatic rings. The van der Waals surface area contributed by atoms with E-state index in [2.05, 4.69) is 20.9 Å². The Morgan fingerprint density at radius 2 is 1.71 bits per heavy atom. The maximum atomic E-state index is 10.3. The van der Waals surface area contributed by atoms with Crippen LogP contribution in [0.1, 0.15) is 15.9 Å². The molecule has 5 nitrogen and oxygen atoms in total. The number of hydrogen-bond donors (Lipinski definition) is 1. The molecule has 0 saturated carbocycles. The van der Waals surface area contributed by atoms with Crippen molar-refractivity contribution in [3.05, 3.63) is 94.6 Å². The molecule has 0 atom stereocenters. The average Bonchev–Trinajstić information content (AvgIpc) is 2.70. The summed E-state index contributed by atoms with van der Waals surface area (Å²) in [5, 5.41) is 8.44. The summed E-state index contributed by atoms with van der Waals surface area (Å²) < 4.78 is 0.913. The monoisotopic (exact) mass is 442 g/mol. The zero-order valence-electron chi connectivity index (χ0n) is 15.8. The first-order valence-electron chi connectivity index (χ1n) is 8.47. The first-order chi connectivity index (χ1) is 13.4. The van der Waals surface area contributed by atoms with E-state index in [4.69, 9.17) is 5.11 Å². The Labute approximate surface area is 173 Å². The van der Waals surface area contributed by atoms with E-state index < -0.39 is 5.97 Å². The van der Waals surface area contributed by atoms with Gasteiger partial charge in [0.25, 0.3) is 0 Å². The molecule has 0 bridgehead atoms. The number of nitrogens with zero attached hydrogens (tertiary/aromatic N) is 2. The summed E-state index contributed by atoms with van der Waals surface area (Å²) >= 11 is 3.26. The largest absolute Gasteiger partial charge is 0.481 e. The average molecular weight is 443 g/mol. The summed E-state index contributed by atoms with van der Waals surface area (Å²) in [6.07, 6.45) is 2.70. The number of aromatic nitrogens is 1. The van der Waals surface area contributed by atoms with Gasteiger partial charge in [0.15, 0.2) is 0 Å². The quantitative estimate of drug-likeness (QED) is 0.591. The Bertz CT molecular complexity index is 841. The number of aliphatic carboxylic acids is 1. The molecule has 1 aromatic heterocycles. The fourth-order valence-electron chi connectivity index (χ4n) is 1.97. The molecule has 6 heteroatoms. The lowest BCUT2D eigenvalue weighted by molar-refractivity contribution is -0.136. The van der Waals surface area contributed by atoms with Crippen LogP contribution in [0.2, 0.25) is 0 Å². The Morgan fingerprint density at radius 1 is 1.04 bits per heavy atom. The van der Waals surface area contributed by atoms with Crippen LogP contribution in [0.3, 0.4) is 0 Å². The van der Waals surface area contributed by atoms with Gasteiger partial charge in [0.1, 0.15) is 12.1 Å². The fourth-order valence-corrected chi connectivity index (χ4v) is 2.42. The van der Waals surface area contributed by atoms with E-state index in [1.54, 1.807) is 30.5 Å². The summed E-state index contributed by atoms with van der Waals surface area (Å²) in [5.74, 6) is 0.195. The lowest BCUT2D eigenvalue weighted by Crippen LogP contribution is -2.09. The molecule has 2 aromatic carbocycles. The number of benzene rings is 2. The van der Waals surface area contributed by atoms with Gasteiger partial charge in [-0.1, -0.05) is 64.5 Å². The van der Waals surface area contributed by atoms with Gasteiger partial charge in [-0.2, -0.15) is 0 Å². The smallest absolute Gasteiger partial charge is 0.307 e. The number of aldehydes is 1. The van der Waals surface area contributed by atoms with Gasteiger partial charge < -0.3 is 10.0 Å². The summed E-state index contributed by atoms with van der Waals surface area (Å²) in [7, 11) is 3.95. The molecule has 0 aliphatic carbocycles. The van der Waals surface area contributed by atoms with Crippen LogP contribution in [0.15, 0.2) is 83.5 Å². The van der Waals surface area contributed by atoms with Crippen molar-refractivity contribution in [1.82, 2.24) is 4.98 Å². The highest BCUT2D eigenvalue weighted by atomic mass is 79.9. The Hall–Kier alpha value is -2.99. The van der Waals surface area contributed by atoms with E-state index in [1.165, 1.54) is 0 Å². The number of rotatable bonds is 4. The molecule has 146 valence electrons. The molecule has 0 fully saturated rings. The molecule has 0 unspecified atom stereocenters. The molecule has 28 heavy (non-hydrogen) atoms. The van der Waals surface area contributed by atoms with Gasteiger partial charge in [0.2, 0.25) is 0 Å². The third kappa shape index (κ3) is 10.2. The van der Waals surface area contributed by atoms with E-state index in [9.17, 15) is 9.59 Å². The van der Waals surface area contributed by atoms with Crippen molar-refractivity contribution >= 4 is 34.0 Å². The van der Waals surface area contributed by atoms with E-state index in [0.717, 1.165) is 27.7 Å². The van der Waals surface area contributed by atoms with Crippen molar-refractivity contribution in [2.24, 2.45) is 0 Å². The van der Waals surface area contributed by atoms with Gasteiger partial charge in [0.05, 0.1) is 6.42 Å². The third-order valence-electron chi connectivity index (χ3n) is 3.29. The number of carbonyl (C=O) groups excluding carboxylic acids is 1. The van der Waals surface area contributed by atoms with Crippen molar-refractivity contribution < 1.29 is 14.7 Å². The highest BCUT2D eigenvalue weighted by Crippen LogP contribution is 2.11. The van der Waals surface area contributed by atoms with Crippen LogP contribution in [-0.4, -0.2) is 36.4 Å². The van der Waals surface area contributed by atoms with Gasteiger partial charge in [-0.05, 0) is 29.8 Å². The minimum atomic E-state index is -0.803. The van der Waals surface area contributed by atoms with Crippen LogP contribution in [0, 0.1) is 0 Å². The number of carboxylic acids is 1. The van der Waals surface area contributed by atoms with Crippen LogP contribution in [-0.2, 0) is 11.2 Å². The summed E-state index contributed by atoms with van der Waals surface area (Å²) in [6.45, 7) is 0. The van der Waals surface area contributed by atoms with E-state index in [1.807, 2.05) is 67.5 Å². The van der Waals surface area contributed by atoms with Crippen molar-refractivity contribution in [2.45, 2.75) is 6.42 Å². The number of halogens is 1. The predicted octanol–water partition coefficient (Wildman–Crippen LogP) is 4.72. The first kappa shape index (κ1) is 23.0. The van der Waals surface area contributed by atoms with Crippen LogP contribution >= 0.6 is 15.9 Å². The number of pyridine rings is 1. The standard InChI is InChI=1S/C8H7BrO2.C7H10N2.C7H6O/c9-7-3-1-2-6(4-7)5-8(10)11;1-9(2)7-5-3-4-6-8-7;8-6-7-4-2-1-3-5-7/h1-4H,5H2,(H,10,11);3-6H,1-2H3;1-6H. The molecule has 0 amide bonds. The van der Waals surface area contributed by atoms with Crippen molar-refractivity contribution in [2.75, 3.05) is 19.0 Å². The SMILES string of the molecule is CN(C)c1ccccn1.O=C(O)Cc1cccc(Br)c1.O=Cc1ccccc1. The van der Waals surface area contributed by atoms with Gasteiger partial charge in [-0.15, -0.1) is 0 Å². The number of carboxylic acid groups (broad SMARTS) is 1. The highest BCUT2D eigenvalue weighted by molar-refractivity contribution is 9.10. The number of anilines is 1. The van der Waals surface area contributed by atoms with Crippen LogP contribution < -0.4 is 4.90 Å². The lowest BCUT2D eigenvalue weighted by atomic mass is 10.2. The summed E-state index contributed by atoms with van der Waals surface area (Å²) in [4.78, 5) is 26.3. The Kier molecular flexibility index (Phi) is 10.9. The second-order valence-electron chi connectivity index (χ2n) is 5.81. The molecule has 0 saturated heterocycles. The maximum absolute atomic E-state index is 10.3. The molecule has 0 spiro atoms. The van der Waals surface area contributed by atoms with Gasteiger partial charge in [-0.3, -0.25) is 9.59 Å². The van der Waals surface area contributed by atoms with Crippen LogP contribution in [0.5, 0.6) is 0 Å². The van der Waals surface area contributed by atoms with E-state index >= 15 is 0 Å². The van der Waals surface area contributed by atoms with Gasteiger partial charge in [0, 0.05) is 30.3 Å². The van der Waals surface area contributed by atoms with E-state index in [0.29, 0.717) is 0 Å². The maximum Gasteiger partial charge on any atom is 0.307 e. The zero-order valence-corrected chi connectivity index (χ0v) is 17.4. The molecule has 1 N–H and O–H groups in total. The minimum Gasteiger partial charge on any atom is -0.481 e. The fraction of sp³-hybridized carbons (Fsp3) is 0.136. The normalized spacial score (nSPS) is 9.11. The molecule has 0 aliphatic heterocycles. The predicted molar refractivity (Wildman–Crippen MR) is 116 cm³/mol. The lowest BCUT2D eigenvalue weighted by Gasteiger charge is -2.08. The van der Waals surface area contributed by atoms with Crippen molar-refractivity contribution in [3.8, 4) is 0 Å².